The van der Waals surface area contributed by atoms with Gasteiger partial charge < -0.3 is 5.32 Å². The maximum Gasteiger partial charge on any atom is 0.191 e. The monoisotopic (exact) mass is 283 g/mol. The van der Waals surface area contributed by atoms with Gasteiger partial charge in [0.05, 0.1) is 6.21 Å². The molecule has 0 aromatic heterocycles. The Bertz CT molecular complexity index is 618. The largest absolute Gasteiger partial charge is 0.331 e. The number of benzene rings is 2. The number of hydrogen-bond acceptors (Lipinski definition) is 2. The van der Waals surface area contributed by atoms with Gasteiger partial charge in [-0.1, -0.05) is 47.5 Å². The van der Waals surface area contributed by atoms with E-state index in [-0.39, 0.29) is 0 Å². The lowest BCUT2D eigenvalue weighted by Crippen LogP contribution is -2.23. The lowest BCUT2D eigenvalue weighted by Gasteiger charge is -2.06. The van der Waals surface area contributed by atoms with Crippen LogP contribution in [-0.4, -0.2) is 11.3 Å². The first-order valence-electron chi connectivity index (χ1n) is 6.37. The summed E-state index contributed by atoms with van der Waals surface area (Å²) in [6.07, 6.45) is 1.75. The lowest BCUT2D eigenvalue weighted by molar-refractivity contribution is 1.05. The highest BCUT2D eigenvalue weighted by atomic mass is 32.1. The van der Waals surface area contributed by atoms with Gasteiger partial charge in [0.15, 0.2) is 5.11 Å². The predicted molar refractivity (Wildman–Crippen MR) is 89.3 cm³/mol. The summed E-state index contributed by atoms with van der Waals surface area (Å²) in [6.45, 7) is 4.10. The van der Waals surface area contributed by atoms with Crippen molar-refractivity contribution in [3.05, 3.63) is 65.2 Å². The van der Waals surface area contributed by atoms with Crippen LogP contribution in [0.4, 0.5) is 5.69 Å². The molecule has 4 heteroatoms. The third-order valence-corrected chi connectivity index (χ3v) is 2.92. The molecule has 0 amide bonds. The number of hydrazone groups is 1. The fourth-order valence-corrected chi connectivity index (χ4v) is 1.88. The molecule has 0 aliphatic carbocycles. The molecule has 2 aromatic rings. The average molecular weight is 283 g/mol. The number of nitrogens with one attached hydrogen (secondary N) is 2. The van der Waals surface area contributed by atoms with E-state index in [9.17, 15) is 0 Å². The molecular formula is C16H17N3S. The normalized spacial score (nSPS) is 10.5. The van der Waals surface area contributed by atoms with Crippen LogP contribution >= 0.6 is 12.2 Å². The summed E-state index contributed by atoms with van der Waals surface area (Å²) < 4.78 is 0. The van der Waals surface area contributed by atoms with Gasteiger partial charge in [0, 0.05) is 5.69 Å². The highest BCUT2D eigenvalue weighted by molar-refractivity contribution is 7.80. The molecule has 2 rings (SSSR count). The molecule has 0 spiro atoms. The Balaban J connectivity index is 1.87. The molecule has 0 unspecified atom stereocenters. The van der Waals surface area contributed by atoms with E-state index in [0.717, 1.165) is 11.3 Å². The number of thiocarbonyl (C=S) groups is 1. The molecule has 2 aromatic carbocycles. The van der Waals surface area contributed by atoms with Crippen LogP contribution in [0.3, 0.4) is 0 Å². The van der Waals surface area contributed by atoms with E-state index in [2.05, 4.69) is 21.9 Å². The predicted octanol–water partition coefficient (Wildman–Crippen LogP) is 3.62. The number of nitrogens with zero attached hydrogens (tertiary/aromatic N) is 1. The zero-order valence-electron chi connectivity index (χ0n) is 11.6. The molecule has 0 saturated carbocycles. The van der Waals surface area contributed by atoms with Crippen LogP contribution in [0.2, 0.25) is 0 Å². The highest BCUT2D eigenvalue weighted by Crippen LogP contribution is 2.08. The minimum atomic E-state index is 0.470. The third kappa shape index (κ3) is 4.48. The first-order valence-corrected chi connectivity index (χ1v) is 6.78. The van der Waals surface area contributed by atoms with Gasteiger partial charge in [-0.05, 0) is 43.8 Å². The molecule has 0 bridgehead atoms. The van der Waals surface area contributed by atoms with Crippen molar-refractivity contribution in [3.63, 3.8) is 0 Å². The van der Waals surface area contributed by atoms with Crippen LogP contribution in [0.25, 0.3) is 0 Å². The molecule has 2 N–H and O–H groups in total. The van der Waals surface area contributed by atoms with Gasteiger partial charge in [-0.3, -0.25) is 5.43 Å². The molecule has 0 aliphatic rings. The van der Waals surface area contributed by atoms with Crippen molar-refractivity contribution in [2.24, 2.45) is 5.10 Å². The van der Waals surface area contributed by atoms with Gasteiger partial charge in [0.25, 0.3) is 0 Å². The fraction of sp³-hybridized carbons (Fsp3) is 0.125. The topological polar surface area (TPSA) is 36.4 Å². The summed E-state index contributed by atoms with van der Waals surface area (Å²) in [6, 6.07) is 16.1. The van der Waals surface area contributed by atoms with Crippen molar-refractivity contribution in [2.75, 3.05) is 5.32 Å². The van der Waals surface area contributed by atoms with Crippen molar-refractivity contribution in [1.82, 2.24) is 5.43 Å². The Labute approximate surface area is 124 Å². The van der Waals surface area contributed by atoms with E-state index in [1.54, 1.807) is 6.21 Å². The molecule has 0 atom stereocenters. The summed E-state index contributed by atoms with van der Waals surface area (Å²) in [7, 11) is 0. The van der Waals surface area contributed by atoms with Crippen LogP contribution in [-0.2, 0) is 0 Å². The number of anilines is 1. The Hall–Kier alpha value is -2.20. The second-order valence-electron chi connectivity index (χ2n) is 4.60. The zero-order chi connectivity index (χ0) is 14.4. The van der Waals surface area contributed by atoms with Gasteiger partial charge in [0.1, 0.15) is 0 Å². The molecule has 0 radical (unpaired) electrons. The second-order valence-corrected chi connectivity index (χ2v) is 5.01. The Morgan fingerprint density at radius 2 is 1.80 bits per heavy atom. The smallest absolute Gasteiger partial charge is 0.191 e. The van der Waals surface area contributed by atoms with E-state index < -0.39 is 0 Å². The average Bonchev–Trinajstić information content (AvgIpc) is 2.41. The number of rotatable bonds is 3. The van der Waals surface area contributed by atoms with Gasteiger partial charge in [-0.25, -0.2) is 0 Å². The SMILES string of the molecule is Cc1ccc(NC(=S)NN=Cc2cccc(C)c2)cc1. The van der Waals surface area contributed by atoms with Crippen molar-refractivity contribution >= 4 is 29.2 Å². The zero-order valence-corrected chi connectivity index (χ0v) is 12.4. The quantitative estimate of drug-likeness (QED) is 0.513. The molecule has 3 nitrogen and oxygen atoms in total. The Morgan fingerprint density at radius 3 is 2.50 bits per heavy atom. The van der Waals surface area contributed by atoms with Crippen LogP contribution in [0, 0.1) is 13.8 Å². The Kier molecular flexibility index (Phi) is 4.85. The van der Waals surface area contributed by atoms with E-state index in [0.29, 0.717) is 5.11 Å². The van der Waals surface area contributed by atoms with Crippen LogP contribution in [0.15, 0.2) is 53.6 Å². The number of hydrogen-bond donors (Lipinski definition) is 2. The van der Waals surface area contributed by atoms with E-state index in [1.807, 2.05) is 56.3 Å². The van der Waals surface area contributed by atoms with Crippen molar-refractivity contribution in [2.45, 2.75) is 13.8 Å². The Morgan fingerprint density at radius 1 is 1.05 bits per heavy atom. The van der Waals surface area contributed by atoms with Gasteiger partial charge in [-0.2, -0.15) is 5.10 Å². The van der Waals surface area contributed by atoms with Crippen LogP contribution in [0.1, 0.15) is 16.7 Å². The van der Waals surface area contributed by atoms with Crippen molar-refractivity contribution in [3.8, 4) is 0 Å². The minimum absolute atomic E-state index is 0.470. The molecule has 20 heavy (non-hydrogen) atoms. The molecule has 102 valence electrons. The number of aryl methyl sites for hydroxylation is 2. The lowest BCUT2D eigenvalue weighted by atomic mass is 10.2. The van der Waals surface area contributed by atoms with Crippen LogP contribution in [0.5, 0.6) is 0 Å². The van der Waals surface area contributed by atoms with E-state index >= 15 is 0 Å². The summed E-state index contributed by atoms with van der Waals surface area (Å²) in [5.41, 5.74) is 7.20. The molecule has 0 saturated heterocycles. The van der Waals surface area contributed by atoms with Gasteiger partial charge >= 0.3 is 0 Å². The molecule has 0 aliphatic heterocycles. The maximum atomic E-state index is 5.17. The van der Waals surface area contributed by atoms with E-state index in [4.69, 9.17) is 12.2 Å². The summed E-state index contributed by atoms with van der Waals surface area (Å²) in [4.78, 5) is 0. The summed E-state index contributed by atoms with van der Waals surface area (Å²) >= 11 is 5.17. The molecular weight excluding hydrogens is 266 g/mol. The minimum Gasteiger partial charge on any atom is -0.331 e. The molecule has 0 heterocycles. The van der Waals surface area contributed by atoms with Crippen molar-refractivity contribution < 1.29 is 0 Å². The standard InChI is InChI=1S/C16H17N3S/c1-12-6-8-15(9-7-12)18-16(20)19-17-11-14-5-3-4-13(2)10-14/h3-11H,1-2H3,(H2,18,19,20). The first-order chi connectivity index (χ1) is 9.63. The summed E-state index contributed by atoms with van der Waals surface area (Å²) in [5.74, 6) is 0. The second kappa shape index (κ2) is 6.82. The van der Waals surface area contributed by atoms with Crippen molar-refractivity contribution in [1.29, 1.82) is 0 Å². The van der Waals surface area contributed by atoms with Gasteiger partial charge in [0.2, 0.25) is 0 Å². The fourth-order valence-electron chi connectivity index (χ4n) is 1.71. The molecule has 0 fully saturated rings. The highest BCUT2D eigenvalue weighted by Gasteiger charge is 1.95. The first kappa shape index (κ1) is 14.2. The van der Waals surface area contributed by atoms with Gasteiger partial charge in [-0.15, -0.1) is 0 Å². The third-order valence-electron chi connectivity index (χ3n) is 2.73. The van der Waals surface area contributed by atoms with E-state index in [1.165, 1.54) is 11.1 Å². The summed E-state index contributed by atoms with van der Waals surface area (Å²) in [5, 5.41) is 7.66. The maximum absolute atomic E-state index is 5.17. The van der Waals surface area contributed by atoms with Crippen LogP contribution < -0.4 is 10.7 Å².